The number of nitrogens with zero attached hydrogens (tertiary/aromatic N) is 2. The van der Waals surface area contributed by atoms with E-state index < -0.39 is 0 Å². The van der Waals surface area contributed by atoms with E-state index in [0.717, 1.165) is 10.9 Å². The number of halogens is 1. The summed E-state index contributed by atoms with van der Waals surface area (Å²) in [5.41, 5.74) is 1.04. The third-order valence-corrected chi connectivity index (χ3v) is 3.48. The van der Waals surface area contributed by atoms with Crippen molar-refractivity contribution < 1.29 is 4.79 Å². The third kappa shape index (κ3) is 4.53. The van der Waals surface area contributed by atoms with Crippen LogP contribution in [0.1, 0.15) is 30.8 Å². The minimum atomic E-state index is -0.261. The molecule has 1 aromatic carbocycles. The smallest absolute Gasteiger partial charge is 0.274 e. The highest BCUT2D eigenvalue weighted by molar-refractivity contribution is 9.10. The Labute approximate surface area is 132 Å². The number of anilines is 2. The van der Waals surface area contributed by atoms with Crippen molar-refractivity contribution in [2.24, 2.45) is 0 Å². The van der Waals surface area contributed by atoms with E-state index in [2.05, 4.69) is 50.4 Å². The third-order valence-electron chi connectivity index (χ3n) is 2.99. The Morgan fingerprint density at radius 1 is 1.33 bits per heavy atom. The van der Waals surface area contributed by atoms with Crippen molar-refractivity contribution in [2.45, 2.75) is 26.3 Å². The van der Waals surface area contributed by atoms with Crippen molar-refractivity contribution in [1.29, 1.82) is 0 Å². The van der Waals surface area contributed by atoms with E-state index in [4.69, 9.17) is 0 Å². The fourth-order valence-corrected chi connectivity index (χ4v) is 2.08. The van der Waals surface area contributed by atoms with Gasteiger partial charge in [0.15, 0.2) is 0 Å². The molecule has 0 bridgehead atoms. The summed E-state index contributed by atoms with van der Waals surface area (Å²) < 4.78 is 0.905. The van der Waals surface area contributed by atoms with E-state index in [9.17, 15) is 4.79 Å². The van der Waals surface area contributed by atoms with Crippen LogP contribution in [0.5, 0.6) is 0 Å². The summed E-state index contributed by atoms with van der Waals surface area (Å²) in [5, 5.41) is 6.03. The van der Waals surface area contributed by atoms with Gasteiger partial charge in [-0.15, -0.1) is 0 Å². The first-order chi connectivity index (χ1) is 10.1. The van der Waals surface area contributed by atoms with Crippen molar-refractivity contribution in [3.63, 3.8) is 0 Å². The predicted octanol–water partition coefficient (Wildman–Crippen LogP) is 3.70. The van der Waals surface area contributed by atoms with Gasteiger partial charge in [0.1, 0.15) is 17.8 Å². The molecule has 2 aromatic rings. The molecule has 0 radical (unpaired) electrons. The highest BCUT2D eigenvalue weighted by Crippen LogP contribution is 2.16. The summed E-state index contributed by atoms with van der Waals surface area (Å²) in [7, 11) is 0. The van der Waals surface area contributed by atoms with Crippen molar-refractivity contribution in [3.8, 4) is 0 Å². The van der Waals surface area contributed by atoms with Crippen LogP contribution in [0, 0.1) is 0 Å². The summed E-state index contributed by atoms with van der Waals surface area (Å²) in [5.74, 6) is 0.390. The average Bonchev–Trinajstić information content (AvgIpc) is 2.47. The Morgan fingerprint density at radius 3 is 2.86 bits per heavy atom. The number of amides is 1. The van der Waals surface area contributed by atoms with Gasteiger partial charge in [-0.2, -0.15) is 0 Å². The van der Waals surface area contributed by atoms with Crippen molar-refractivity contribution >= 4 is 33.3 Å². The first-order valence-corrected chi connectivity index (χ1v) is 7.53. The predicted molar refractivity (Wildman–Crippen MR) is 87.5 cm³/mol. The number of carbonyl (C=O) groups is 1. The maximum absolute atomic E-state index is 12.2. The highest BCUT2D eigenvalue weighted by atomic mass is 79.9. The molecule has 2 N–H and O–H groups in total. The van der Waals surface area contributed by atoms with Crippen LogP contribution < -0.4 is 10.6 Å². The van der Waals surface area contributed by atoms with Crippen LogP contribution in [0.4, 0.5) is 11.5 Å². The first-order valence-electron chi connectivity index (χ1n) is 6.74. The lowest BCUT2D eigenvalue weighted by molar-refractivity contribution is 0.102. The van der Waals surface area contributed by atoms with Crippen LogP contribution in [-0.4, -0.2) is 21.9 Å². The van der Waals surface area contributed by atoms with Gasteiger partial charge in [0.25, 0.3) is 5.91 Å². The van der Waals surface area contributed by atoms with Crippen LogP contribution in [-0.2, 0) is 0 Å². The Balaban J connectivity index is 2.10. The molecule has 0 fully saturated rings. The van der Waals surface area contributed by atoms with Gasteiger partial charge in [0.2, 0.25) is 0 Å². The van der Waals surface area contributed by atoms with Gasteiger partial charge < -0.3 is 10.6 Å². The SMILES string of the molecule is CCC(C)Nc1cc(C(=O)Nc2cccc(Br)c2)ncn1. The molecule has 6 heteroatoms. The maximum Gasteiger partial charge on any atom is 0.274 e. The molecule has 0 saturated heterocycles. The second kappa shape index (κ2) is 7.17. The van der Waals surface area contributed by atoms with Crippen LogP contribution >= 0.6 is 15.9 Å². The Hall–Kier alpha value is -1.95. The van der Waals surface area contributed by atoms with Crippen LogP contribution in [0.25, 0.3) is 0 Å². The van der Waals surface area contributed by atoms with Crippen LogP contribution in [0.3, 0.4) is 0 Å². The molecule has 1 heterocycles. The summed E-state index contributed by atoms with van der Waals surface area (Å²) in [6, 6.07) is 9.35. The molecule has 110 valence electrons. The molecule has 1 atom stereocenters. The number of benzene rings is 1. The van der Waals surface area contributed by atoms with E-state index in [1.807, 2.05) is 24.3 Å². The van der Waals surface area contributed by atoms with Crippen molar-refractivity contribution in [2.75, 3.05) is 10.6 Å². The maximum atomic E-state index is 12.2. The van der Waals surface area contributed by atoms with Crippen molar-refractivity contribution in [3.05, 3.63) is 46.8 Å². The summed E-state index contributed by atoms with van der Waals surface area (Å²) in [4.78, 5) is 20.3. The zero-order valence-electron chi connectivity index (χ0n) is 11.9. The van der Waals surface area contributed by atoms with E-state index in [0.29, 0.717) is 23.2 Å². The number of rotatable bonds is 5. The highest BCUT2D eigenvalue weighted by Gasteiger charge is 2.10. The number of hydrogen-bond donors (Lipinski definition) is 2. The molecule has 1 amide bonds. The van der Waals surface area contributed by atoms with Crippen LogP contribution in [0.2, 0.25) is 0 Å². The van der Waals surface area contributed by atoms with Gasteiger partial charge >= 0.3 is 0 Å². The molecule has 0 spiro atoms. The number of carbonyl (C=O) groups excluding carboxylic acids is 1. The molecule has 0 aliphatic heterocycles. The molecule has 1 aromatic heterocycles. The Bertz CT molecular complexity index is 633. The lowest BCUT2D eigenvalue weighted by Gasteiger charge is -2.12. The largest absolute Gasteiger partial charge is 0.368 e. The number of aromatic nitrogens is 2. The van der Waals surface area contributed by atoms with Gasteiger partial charge in [-0.1, -0.05) is 28.9 Å². The molecular weight excluding hydrogens is 332 g/mol. The quantitative estimate of drug-likeness (QED) is 0.864. The van der Waals surface area contributed by atoms with Gasteiger partial charge in [0, 0.05) is 22.3 Å². The van der Waals surface area contributed by atoms with Gasteiger partial charge in [-0.25, -0.2) is 9.97 Å². The zero-order chi connectivity index (χ0) is 15.2. The fraction of sp³-hybridized carbons (Fsp3) is 0.267. The second-order valence-electron chi connectivity index (χ2n) is 4.71. The molecule has 21 heavy (non-hydrogen) atoms. The van der Waals surface area contributed by atoms with Gasteiger partial charge in [0.05, 0.1) is 0 Å². The van der Waals surface area contributed by atoms with Gasteiger partial charge in [-0.05, 0) is 31.5 Å². The van der Waals surface area contributed by atoms with Crippen LogP contribution in [0.15, 0.2) is 41.1 Å². The molecule has 0 aliphatic carbocycles. The molecule has 5 nitrogen and oxygen atoms in total. The molecule has 2 rings (SSSR count). The first kappa shape index (κ1) is 15.4. The summed E-state index contributed by atoms with van der Waals surface area (Å²) in [6.07, 6.45) is 2.37. The zero-order valence-corrected chi connectivity index (χ0v) is 13.5. The second-order valence-corrected chi connectivity index (χ2v) is 5.62. The lowest BCUT2D eigenvalue weighted by atomic mass is 10.2. The van der Waals surface area contributed by atoms with E-state index >= 15 is 0 Å². The van der Waals surface area contributed by atoms with E-state index in [1.165, 1.54) is 6.33 Å². The normalized spacial score (nSPS) is 11.8. The lowest BCUT2D eigenvalue weighted by Crippen LogP contribution is -2.17. The van der Waals surface area contributed by atoms with Gasteiger partial charge in [-0.3, -0.25) is 4.79 Å². The topological polar surface area (TPSA) is 66.9 Å². The molecule has 1 unspecified atom stereocenters. The fourth-order valence-electron chi connectivity index (χ4n) is 1.68. The molecule has 0 aliphatic rings. The number of nitrogens with one attached hydrogen (secondary N) is 2. The minimum Gasteiger partial charge on any atom is -0.368 e. The Kier molecular flexibility index (Phi) is 5.27. The molecular formula is C15H17BrN4O. The summed E-state index contributed by atoms with van der Waals surface area (Å²) >= 11 is 3.37. The monoisotopic (exact) mass is 348 g/mol. The number of hydrogen-bond acceptors (Lipinski definition) is 4. The van der Waals surface area contributed by atoms with E-state index in [1.54, 1.807) is 6.07 Å². The van der Waals surface area contributed by atoms with E-state index in [-0.39, 0.29) is 5.91 Å². The molecule has 0 saturated carbocycles. The summed E-state index contributed by atoms with van der Waals surface area (Å²) in [6.45, 7) is 4.14. The minimum absolute atomic E-state index is 0.261. The van der Waals surface area contributed by atoms with Crippen molar-refractivity contribution in [1.82, 2.24) is 9.97 Å². The standard InChI is InChI=1S/C15H17BrN4O/c1-3-10(2)19-14-8-13(17-9-18-14)15(21)20-12-6-4-5-11(16)7-12/h4-10H,3H2,1-2H3,(H,20,21)(H,17,18,19). The average molecular weight is 349 g/mol. The Morgan fingerprint density at radius 2 is 2.14 bits per heavy atom.